The highest BCUT2D eigenvalue weighted by atomic mass is 35.5. The molecule has 0 radical (unpaired) electrons. The SMILES string of the molecule is C[C@@H]1CCCN(C2CCN(C(=O)c3ccc(C(=O)NCc4cccnc4Cl)cc3)CC2)C1. The zero-order chi connectivity index (χ0) is 22.5. The molecule has 7 heteroatoms. The highest BCUT2D eigenvalue weighted by Gasteiger charge is 2.29. The van der Waals surface area contributed by atoms with E-state index in [0.717, 1.165) is 37.4 Å². The first-order chi connectivity index (χ1) is 15.5. The number of nitrogens with zero attached hydrogens (tertiary/aromatic N) is 3. The molecule has 1 atom stereocenters. The van der Waals surface area contributed by atoms with Gasteiger partial charge in [0.15, 0.2) is 0 Å². The average Bonchev–Trinajstić information content (AvgIpc) is 2.83. The molecule has 2 fully saturated rings. The van der Waals surface area contributed by atoms with Crippen molar-refractivity contribution in [2.24, 2.45) is 5.92 Å². The molecule has 3 heterocycles. The van der Waals surface area contributed by atoms with Gasteiger partial charge in [0.25, 0.3) is 11.8 Å². The normalized spacial score (nSPS) is 20.2. The van der Waals surface area contributed by atoms with Gasteiger partial charge < -0.3 is 10.2 Å². The van der Waals surface area contributed by atoms with E-state index in [-0.39, 0.29) is 11.8 Å². The van der Waals surface area contributed by atoms with Crippen LogP contribution in [0.25, 0.3) is 0 Å². The summed E-state index contributed by atoms with van der Waals surface area (Å²) in [7, 11) is 0. The Kier molecular flexibility index (Phi) is 7.43. The summed E-state index contributed by atoms with van der Waals surface area (Å²) in [5, 5.41) is 3.23. The Morgan fingerprint density at radius 2 is 1.78 bits per heavy atom. The van der Waals surface area contributed by atoms with Crippen LogP contribution in [-0.2, 0) is 6.54 Å². The van der Waals surface area contributed by atoms with Gasteiger partial charge in [-0.3, -0.25) is 14.5 Å². The summed E-state index contributed by atoms with van der Waals surface area (Å²) in [5.41, 5.74) is 1.90. The minimum Gasteiger partial charge on any atom is -0.348 e. The van der Waals surface area contributed by atoms with Gasteiger partial charge in [-0.05, 0) is 68.5 Å². The maximum atomic E-state index is 13.0. The fraction of sp³-hybridized carbons (Fsp3) is 0.480. The largest absolute Gasteiger partial charge is 0.348 e. The van der Waals surface area contributed by atoms with E-state index in [1.807, 2.05) is 11.0 Å². The number of hydrogen-bond acceptors (Lipinski definition) is 4. The van der Waals surface area contributed by atoms with Crippen LogP contribution >= 0.6 is 11.6 Å². The summed E-state index contributed by atoms with van der Waals surface area (Å²) in [6.45, 7) is 6.61. The Hall–Kier alpha value is -2.44. The van der Waals surface area contributed by atoms with Gasteiger partial charge in [0.1, 0.15) is 5.15 Å². The standard InChI is InChI=1S/C25H31ClN4O2/c1-18-4-3-13-30(17-18)22-10-14-29(15-11-22)25(32)20-8-6-19(7-9-20)24(31)28-16-21-5-2-12-27-23(21)26/h2,5-9,12,18,22H,3-4,10-11,13-17H2,1H3,(H,28,31)/t18-/m1/s1. The van der Waals surface area contributed by atoms with Gasteiger partial charge in [-0.2, -0.15) is 0 Å². The Balaban J connectivity index is 1.28. The Morgan fingerprint density at radius 1 is 1.06 bits per heavy atom. The minimum atomic E-state index is -0.208. The highest BCUT2D eigenvalue weighted by Crippen LogP contribution is 2.24. The van der Waals surface area contributed by atoms with Crippen LogP contribution in [0.5, 0.6) is 0 Å². The van der Waals surface area contributed by atoms with E-state index in [9.17, 15) is 9.59 Å². The summed E-state index contributed by atoms with van der Waals surface area (Å²) < 4.78 is 0. The molecule has 2 amide bonds. The molecule has 0 saturated carbocycles. The molecule has 6 nitrogen and oxygen atoms in total. The zero-order valence-electron chi connectivity index (χ0n) is 18.6. The van der Waals surface area contributed by atoms with Gasteiger partial charge >= 0.3 is 0 Å². The van der Waals surface area contributed by atoms with Gasteiger partial charge in [-0.15, -0.1) is 0 Å². The molecule has 170 valence electrons. The predicted octanol–water partition coefficient (Wildman–Crippen LogP) is 4.00. The molecular formula is C25H31ClN4O2. The summed E-state index contributed by atoms with van der Waals surface area (Å²) in [5.74, 6) is 0.616. The summed E-state index contributed by atoms with van der Waals surface area (Å²) >= 11 is 6.04. The first-order valence-corrected chi connectivity index (χ1v) is 11.9. The van der Waals surface area contributed by atoms with E-state index in [4.69, 9.17) is 11.6 Å². The van der Waals surface area contributed by atoms with Crippen molar-refractivity contribution in [1.29, 1.82) is 0 Å². The third-order valence-corrected chi connectivity index (χ3v) is 6.97. The highest BCUT2D eigenvalue weighted by molar-refractivity contribution is 6.30. The van der Waals surface area contributed by atoms with Gasteiger partial charge in [0.2, 0.25) is 0 Å². The average molecular weight is 455 g/mol. The summed E-state index contributed by atoms with van der Waals surface area (Å²) in [4.78, 5) is 34.0. The third-order valence-electron chi connectivity index (χ3n) is 6.63. The number of aromatic nitrogens is 1. The number of benzene rings is 1. The molecule has 4 rings (SSSR count). The van der Waals surface area contributed by atoms with E-state index in [2.05, 4.69) is 22.1 Å². The molecule has 32 heavy (non-hydrogen) atoms. The Bertz CT molecular complexity index is 941. The number of amides is 2. The van der Waals surface area contributed by atoms with Crippen molar-refractivity contribution in [2.45, 2.75) is 45.2 Å². The third kappa shape index (κ3) is 5.48. The van der Waals surface area contributed by atoms with Gasteiger partial charge in [0.05, 0.1) is 0 Å². The monoisotopic (exact) mass is 454 g/mol. The molecule has 1 aromatic carbocycles. The lowest BCUT2D eigenvalue weighted by Crippen LogP contribution is -2.49. The van der Waals surface area contributed by atoms with E-state index < -0.39 is 0 Å². The van der Waals surface area contributed by atoms with Gasteiger partial charge in [-0.25, -0.2) is 4.98 Å². The molecule has 2 aliphatic heterocycles. The van der Waals surface area contributed by atoms with Crippen LogP contribution in [0.1, 0.15) is 58.9 Å². The number of piperidine rings is 2. The number of rotatable bonds is 5. The molecule has 2 saturated heterocycles. The second kappa shape index (κ2) is 10.5. The Morgan fingerprint density at radius 3 is 2.47 bits per heavy atom. The lowest BCUT2D eigenvalue weighted by Gasteiger charge is -2.41. The molecule has 0 spiro atoms. The number of nitrogens with one attached hydrogen (secondary N) is 1. The quantitative estimate of drug-likeness (QED) is 0.693. The predicted molar refractivity (Wildman–Crippen MR) is 126 cm³/mol. The van der Waals surface area contributed by atoms with Crippen molar-refractivity contribution in [3.05, 3.63) is 64.4 Å². The van der Waals surface area contributed by atoms with Crippen molar-refractivity contribution in [2.75, 3.05) is 26.2 Å². The molecule has 2 aromatic rings. The lowest BCUT2D eigenvalue weighted by molar-refractivity contribution is 0.0541. The van der Waals surface area contributed by atoms with Crippen molar-refractivity contribution < 1.29 is 9.59 Å². The molecule has 1 aromatic heterocycles. The van der Waals surface area contributed by atoms with Crippen LogP contribution in [0.15, 0.2) is 42.6 Å². The van der Waals surface area contributed by atoms with Crippen LogP contribution in [0.2, 0.25) is 5.15 Å². The van der Waals surface area contributed by atoms with Crippen LogP contribution in [0, 0.1) is 5.92 Å². The molecular weight excluding hydrogens is 424 g/mol. The molecule has 1 N–H and O–H groups in total. The number of carbonyl (C=O) groups excluding carboxylic acids is 2. The zero-order valence-corrected chi connectivity index (χ0v) is 19.4. The lowest BCUT2D eigenvalue weighted by atomic mass is 9.95. The van der Waals surface area contributed by atoms with Crippen LogP contribution in [-0.4, -0.2) is 58.8 Å². The summed E-state index contributed by atoms with van der Waals surface area (Å²) in [6, 6.07) is 11.1. The minimum absolute atomic E-state index is 0.0459. The van der Waals surface area contributed by atoms with Crippen molar-refractivity contribution >= 4 is 23.4 Å². The maximum absolute atomic E-state index is 13.0. The number of carbonyl (C=O) groups is 2. The number of pyridine rings is 1. The second-order valence-corrected chi connectivity index (χ2v) is 9.34. The smallest absolute Gasteiger partial charge is 0.253 e. The van der Waals surface area contributed by atoms with Crippen LogP contribution in [0.4, 0.5) is 0 Å². The Labute approximate surface area is 195 Å². The molecule has 0 bridgehead atoms. The molecule has 2 aliphatic rings. The van der Waals surface area contributed by atoms with Crippen LogP contribution in [0.3, 0.4) is 0 Å². The van der Waals surface area contributed by atoms with E-state index >= 15 is 0 Å². The van der Waals surface area contributed by atoms with E-state index in [0.29, 0.717) is 28.9 Å². The van der Waals surface area contributed by atoms with E-state index in [1.165, 1.54) is 25.9 Å². The molecule has 0 unspecified atom stereocenters. The number of hydrogen-bond donors (Lipinski definition) is 1. The topological polar surface area (TPSA) is 65.5 Å². The number of halogens is 1. The summed E-state index contributed by atoms with van der Waals surface area (Å²) in [6.07, 6.45) is 6.31. The van der Waals surface area contributed by atoms with Crippen molar-refractivity contribution in [1.82, 2.24) is 20.1 Å². The van der Waals surface area contributed by atoms with E-state index in [1.54, 1.807) is 36.5 Å². The van der Waals surface area contributed by atoms with Crippen molar-refractivity contribution in [3.8, 4) is 0 Å². The second-order valence-electron chi connectivity index (χ2n) is 8.98. The first-order valence-electron chi connectivity index (χ1n) is 11.5. The van der Waals surface area contributed by atoms with Crippen LogP contribution < -0.4 is 5.32 Å². The van der Waals surface area contributed by atoms with Gasteiger partial charge in [0, 0.05) is 55.1 Å². The molecule has 0 aliphatic carbocycles. The fourth-order valence-corrected chi connectivity index (χ4v) is 4.95. The number of likely N-dealkylation sites (tertiary alicyclic amines) is 2. The van der Waals surface area contributed by atoms with Crippen molar-refractivity contribution in [3.63, 3.8) is 0 Å². The fourth-order valence-electron chi connectivity index (χ4n) is 4.77. The van der Waals surface area contributed by atoms with Gasteiger partial charge in [-0.1, -0.05) is 24.6 Å². The first kappa shape index (κ1) is 22.7. The maximum Gasteiger partial charge on any atom is 0.253 e.